The molecule has 0 spiro atoms. The molecular weight excluding hydrogens is 282 g/mol. The summed E-state index contributed by atoms with van der Waals surface area (Å²) < 4.78 is 32.8. The molecule has 0 aromatic heterocycles. The Morgan fingerprint density at radius 2 is 1.90 bits per heavy atom. The van der Waals surface area contributed by atoms with Gasteiger partial charge in [-0.25, -0.2) is 8.78 Å². The third-order valence-corrected chi connectivity index (χ3v) is 2.81. The minimum atomic E-state index is -0.913. The Labute approximate surface area is 119 Å². The van der Waals surface area contributed by atoms with Crippen LogP contribution in [-0.2, 0) is 0 Å². The molecule has 0 amide bonds. The van der Waals surface area contributed by atoms with Crippen LogP contribution in [0.1, 0.15) is 18.5 Å². The molecule has 2 aromatic rings. The lowest BCUT2D eigenvalue weighted by Gasteiger charge is -2.14. The highest BCUT2D eigenvalue weighted by molar-refractivity contribution is 5.43. The summed E-state index contributed by atoms with van der Waals surface area (Å²) >= 11 is 0. The average molecular weight is 294 g/mol. The molecule has 2 rings (SSSR count). The van der Waals surface area contributed by atoms with Gasteiger partial charge in [-0.15, -0.1) is 0 Å². The number of ether oxygens (including phenoxy) is 1. The quantitative estimate of drug-likeness (QED) is 0.689. The molecule has 0 aliphatic heterocycles. The van der Waals surface area contributed by atoms with Gasteiger partial charge in [0, 0.05) is 17.7 Å². The molecule has 21 heavy (non-hydrogen) atoms. The zero-order valence-electron chi connectivity index (χ0n) is 11.0. The van der Waals surface area contributed by atoms with Crippen LogP contribution in [0.15, 0.2) is 36.4 Å². The molecule has 0 bridgehead atoms. The second-order valence-electron chi connectivity index (χ2n) is 4.41. The normalized spacial score (nSPS) is 12.0. The van der Waals surface area contributed by atoms with Gasteiger partial charge >= 0.3 is 0 Å². The van der Waals surface area contributed by atoms with Gasteiger partial charge in [-0.2, -0.15) is 0 Å². The number of rotatable bonds is 4. The van der Waals surface area contributed by atoms with Crippen molar-refractivity contribution in [3.8, 4) is 11.5 Å². The Hall–Kier alpha value is -2.54. The maximum absolute atomic E-state index is 13.8. The maximum atomic E-state index is 13.8. The van der Waals surface area contributed by atoms with E-state index in [1.54, 1.807) is 6.92 Å². The van der Waals surface area contributed by atoms with Crippen molar-refractivity contribution in [2.45, 2.75) is 13.0 Å². The van der Waals surface area contributed by atoms with E-state index in [1.807, 2.05) is 0 Å². The third kappa shape index (κ3) is 3.14. The summed E-state index contributed by atoms with van der Waals surface area (Å²) in [4.78, 5) is 9.82. The summed E-state index contributed by atoms with van der Waals surface area (Å²) in [5.41, 5.74) is 5.38. The van der Waals surface area contributed by atoms with Crippen molar-refractivity contribution in [1.82, 2.24) is 0 Å². The topological polar surface area (TPSA) is 78.4 Å². The molecule has 0 heterocycles. The first-order valence-corrected chi connectivity index (χ1v) is 6.06. The molecule has 2 N–H and O–H groups in total. The van der Waals surface area contributed by atoms with Gasteiger partial charge in [-0.05, 0) is 25.1 Å². The number of nitro benzene ring substituents is 1. The predicted octanol–water partition coefficient (Wildman–Crippen LogP) is 3.69. The minimum Gasteiger partial charge on any atom is -0.454 e. The first kappa shape index (κ1) is 14.9. The molecule has 1 atom stereocenters. The van der Waals surface area contributed by atoms with E-state index < -0.39 is 28.3 Å². The highest BCUT2D eigenvalue weighted by Crippen LogP contribution is 2.33. The molecule has 5 nitrogen and oxygen atoms in total. The standard InChI is InChI=1S/C14H12F2N2O3/c1-8(17)14-10(15)3-2-4-13(14)21-12-6-5-9(18(19)20)7-11(12)16/h2-8H,17H2,1H3/t8-/m1/s1. The Balaban J connectivity index is 2.39. The van der Waals surface area contributed by atoms with Gasteiger partial charge in [-0.1, -0.05) is 6.07 Å². The molecule has 110 valence electrons. The van der Waals surface area contributed by atoms with Gasteiger partial charge in [0.1, 0.15) is 11.6 Å². The summed E-state index contributed by atoms with van der Waals surface area (Å²) in [6, 6.07) is 6.37. The fraction of sp³-hybridized carbons (Fsp3) is 0.143. The van der Waals surface area contributed by atoms with Gasteiger partial charge in [0.25, 0.3) is 5.69 Å². The predicted molar refractivity (Wildman–Crippen MR) is 72.1 cm³/mol. The molecule has 2 aromatic carbocycles. The number of halogens is 2. The summed E-state index contributed by atoms with van der Waals surface area (Å²) in [6.45, 7) is 1.57. The van der Waals surface area contributed by atoms with E-state index in [-0.39, 0.29) is 17.1 Å². The van der Waals surface area contributed by atoms with Gasteiger partial charge in [0.2, 0.25) is 0 Å². The minimum absolute atomic E-state index is 0.0674. The van der Waals surface area contributed by atoms with E-state index in [2.05, 4.69) is 0 Å². The van der Waals surface area contributed by atoms with Crippen LogP contribution in [-0.4, -0.2) is 4.92 Å². The number of benzene rings is 2. The number of nitrogens with two attached hydrogens (primary N) is 1. The van der Waals surface area contributed by atoms with E-state index in [0.29, 0.717) is 0 Å². The third-order valence-electron chi connectivity index (χ3n) is 2.81. The van der Waals surface area contributed by atoms with Crippen LogP contribution in [0.4, 0.5) is 14.5 Å². The Kier molecular flexibility index (Phi) is 4.13. The Bertz CT molecular complexity index is 690. The van der Waals surface area contributed by atoms with Gasteiger partial charge in [0.05, 0.1) is 11.0 Å². The van der Waals surface area contributed by atoms with Crippen LogP contribution < -0.4 is 10.5 Å². The summed E-state index contributed by atoms with van der Waals surface area (Å²) in [6.07, 6.45) is 0. The van der Waals surface area contributed by atoms with Crippen molar-refractivity contribution in [2.75, 3.05) is 0 Å². The molecule has 0 saturated heterocycles. The molecular formula is C14H12F2N2O3. The number of nitrogens with zero attached hydrogens (tertiary/aromatic N) is 1. The summed E-state index contributed by atoms with van der Waals surface area (Å²) in [5, 5.41) is 10.5. The second kappa shape index (κ2) is 5.84. The maximum Gasteiger partial charge on any atom is 0.272 e. The van der Waals surface area contributed by atoms with E-state index in [0.717, 1.165) is 18.2 Å². The van der Waals surface area contributed by atoms with Crippen LogP contribution in [0, 0.1) is 21.7 Å². The Morgan fingerprint density at radius 1 is 1.19 bits per heavy atom. The smallest absolute Gasteiger partial charge is 0.272 e. The van der Waals surface area contributed by atoms with E-state index in [1.165, 1.54) is 18.2 Å². The molecule has 0 unspecified atom stereocenters. The van der Waals surface area contributed by atoms with Crippen LogP contribution in [0.2, 0.25) is 0 Å². The van der Waals surface area contributed by atoms with Gasteiger partial charge in [0.15, 0.2) is 11.6 Å². The van der Waals surface area contributed by atoms with Crippen molar-refractivity contribution in [2.24, 2.45) is 5.73 Å². The monoisotopic (exact) mass is 294 g/mol. The van der Waals surface area contributed by atoms with E-state index in [4.69, 9.17) is 10.5 Å². The van der Waals surface area contributed by atoms with Crippen molar-refractivity contribution >= 4 is 5.69 Å². The number of hydrogen-bond acceptors (Lipinski definition) is 4. The first-order valence-electron chi connectivity index (χ1n) is 6.06. The highest BCUT2D eigenvalue weighted by atomic mass is 19.1. The largest absolute Gasteiger partial charge is 0.454 e. The fourth-order valence-electron chi connectivity index (χ4n) is 1.85. The summed E-state index contributed by atoms with van der Waals surface area (Å²) in [5.74, 6) is -1.65. The zero-order chi connectivity index (χ0) is 15.6. The van der Waals surface area contributed by atoms with E-state index >= 15 is 0 Å². The van der Waals surface area contributed by atoms with Crippen molar-refractivity contribution in [1.29, 1.82) is 0 Å². The van der Waals surface area contributed by atoms with Crippen molar-refractivity contribution in [3.63, 3.8) is 0 Å². The SMILES string of the molecule is C[C@@H](N)c1c(F)cccc1Oc1ccc([N+](=O)[O-])cc1F. The molecule has 0 saturated carbocycles. The number of non-ortho nitro benzene ring substituents is 1. The van der Waals surface area contributed by atoms with Crippen LogP contribution >= 0.6 is 0 Å². The Morgan fingerprint density at radius 3 is 2.48 bits per heavy atom. The van der Waals surface area contributed by atoms with E-state index in [9.17, 15) is 18.9 Å². The molecule has 0 aliphatic rings. The highest BCUT2D eigenvalue weighted by Gasteiger charge is 2.17. The van der Waals surface area contributed by atoms with Crippen LogP contribution in [0.5, 0.6) is 11.5 Å². The van der Waals surface area contributed by atoms with Crippen molar-refractivity contribution in [3.05, 3.63) is 63.7 Å². The molecule has 0 aliphatic carbocycles. The first-order chi connectivity index (χ1) is 9.90. The van der Waals surface area contributed by atoms with Crippen LogP contribution in [0.25, 0.3) is 0 Å². The lowest BCUT2D eigenvalue weighted by atomic mass is 10.1. The lowest BCUT2D eigenvalue weighted by molar-refractivity contribution is -0.385. The number of nitro groups is 1. The second-order valence-corrected chi connectivity index (χ2v) is 4.41. The van der Waals surface area contributed by atoms with Crippen molar-refractivity contribution < 1.29 is 18.4 Å². The zero-order valence-corrected chi connectivity index (χ0v) is 11.0. The lowest BCUT2D eigenvalue weighted by Crippen LogP contribution is -2.09. The molecule has 0 fully saturated rings. The molecule has 7 heteroatoms. The van der Waals surface area contributed by atoms with Crippen LogP contribution in [0.3, 0.4) is 0 Å². The summed E-state index contributed by atoms with van der Waals surface area (Å²) in [7, 11) is 0. The molecule has 0 radical (unpaired) electrons. The van der Waals surface area contributed by atoms with Gasteiger partial charge in [-0.3, -0.25) is 10.1 Å². The number of hydrogen-bond donors (Lipinski definition) is 1. The average Bonchev–Trinajstić information content (AvgIpc) is 2.40. The fourth-order valence-corrected chi connectivity index (χ4v) is 1.85. The van der Waals surface area contributed by atoms with Gasteiger partial charge < -0.3 is 10.5 Å².